The second-order valence-corrected chi connectivity index (χ2v) is 8.37. The molecular weight excluding hydrogens is 382 g/mol. The maximum absolute atomic E-state index is 13.2. The third-order valence-corrected chi connectivity index (χ3v) is 6.26. The van der Waals surface area contributed by atoms with Gasteiger partial charge < -0.3 is 4.90 Å². The van der Waals surface area contributed by atoms with E-state index >= 15 is 0 Å². The lowest BCUT2D eigenvalue weighted by molar-refractivity contribution is 0.0757. The Hall–Kier alpha value is -2.51. The number of amides is 1. The van der Waals surface area contributed by atoms with Gasteiger partial charge >= 0.3 is 0 Å². The van der Waals surface area contributed by atoms with E-state index in [0.29, 0.717) is 5.56 Å². The second-order valence-electron chi connectivity index (χ2n) is 7.48. The summed E-state index contributed by atoms with van der Waals surface area (Å²) in [4.78, 5) is 26.8. The molecule has 3 heterocycles. The van der Waals surface area contributed by atoms with Gasteiger partial charge in [-0.1, -0.05) is 26.0 Å². The number of hydrogen-bond donors (Lipinski definition) is 0. The predicted molar refractivity (Wildman–Crippen MR) is 115 cm³/mol. The minimum Gasteiger partial charge on any atom is -0.326 e. The summed E-state index contributed by atoms with van der Waals surface area (Å²) in [6, 6.07) is 7.45. The van der Waals surface area contributed by atoms with Crippen LogP contribution in [-0.4, -0.2) is 50.4 Å². The SMILES string of the molecule is CCCN(CCC)Cc1csc(C2c3cncn3-c3ccccc3C(=O)N2C)n1. The number of imidazole rings is 1. The summed E-state index contributed by atoms with van der Waals surface area (Å²) in [5, 5.41) is 3.06. The zero-order valence-electron chi connectivity index (χ0n) is 17.2. The van der Waals surface area contributed by atoms with Crippen LogP contribution in [-0.2, 0) is 6.54 Å². The van der Waals surface area contributed by atoms with Crippen LogP contribution in [0.1, 0.15) is 59.5 Å². The molecule has 7 heteroatoms. The largest absolute Gasteiger partial charge is 0.326 e. The molecule has 1 aliphatic heterocycles. The number of fused-ring (bicyclic) bond motifs is 3. The van der Waals surface area contributed by atoms with Crippen molar-refractivity contribution >= 4 is 17.2 Å². The fourth-order valence-electron chi connectivity index (χ4n) is 4.02. The van der Waals surface area contributed by atoms with E-state index in [-0.39, 0.29) is 11.9 Å². The number of nitrogens with zero attached hydrogens (tertiary/aromatic N) is 5. The predicted octanol–water partition coefficient (Wildman–Crippen LogP) is 4.13. The van der Waals surface area contributed by atoms with Crippen LogP contribution >= 0.6 is 11.3 Å². The van der Waals surface area contributed by atoms with Crippen molar-refractivity contribution in [3.05, 3.63) is 64.1 Å². The number of thiazole rings is 1. The molecule has 29 heavy (non-hydrogen) atoms. The number of aromatic nitrogens is 3. The fourth-order valence-corrected chi connectivity index (χ4v) is 4.99. The first-order chi connectivity index (χ1) is 14.1. The topological polar surface area (TPSA) is 54.3 Å². The van der Waals surface area contributed by atoms with Gasteiger partial charge in [-0.25, -0.2) is 9.97 Å². The van der Waals surface area contributed by atoms with Crippen molar-refractivity contribution in [1.82, 2.24) is 24.3 Å². The Bertz CT molecular complexity index is 989. The van der Waals surface area contributed by atoms with Crippen LogP contribution in [0.2, 0.25) is 0 Å². The van der Waals surface area contributed by atoms with Crippen LogP contribution in [0.4, 0.5) is 0 Å². The summed E-state index contributed by atoms with van der Waals surface area (Å²) in [5.41, 5.74) is 3.59. The molecule has 0 N–H and O–H groups in total. The number of hydrogen-bond acceptors (Lipinski definition) is 5. The molecule has 1 amide bonds. The lowest BCUT2D eigenvalue weighted by Gasteiger charge is -2.24. The van der Waals surface area contributed by atoms with Gasteiger partial charge in [0.1, 0.15) is 11.0 Å². The van der Waals surface area contributed by atoms with Crippen LogP contribution in [0.25, 0.3) is 5.69 Å². The first kappa shape index (κ1) is 19.8. The first-order valence-corrected chi connectivity index (χ1v) is 11.1. The molecule has 0 spiro atoms. The number of benzene rings is 1. The molecule has 1 unspecified atom stereocenters. The van der Waals surface area contributed by atoms with E-state index < -0.39 is 0 Å². The number of rotatable bonds is 7. The first-order valence-electron chi connectivity index (χ1n) is 10.2. The monoisotopic (exact) mass is 409 g/mol. The molecule has 2 aromatic heterocycles. The summed E-state index contributed by atoms with van der Waals surface area (Å²) < 4.78 is 2.02. The van der Waals surface area contributed by atoms with E-state index in [9.17, 15) is 4.79 Å². The van der Waals surface area contributed by atoms with Crippen LogP contribution in [0.5, 0.6) is 0 Å². The maximum atomic E-state index is 13.2. The highest BCUT2D eigenvalue weighted by atomic mass is 32.1. The Morgan fingerprint density at radius 1 is 1.17 bits per heavy atom. The third kappa shape index (κ3) is 3.72. The standard InChI is InChI=1S/C22H27N5OS/c1-4-10-26(11-5-2)13-16-14-29-21(24-16)20-19-12-23-15-27(19)18-9-7-6-8-17(18)22(28)25(20)3/h6-9,12,14-15,20H,4-5,10-11,13H2,1-3H3. The quantitative estimate of drug-likeness (QED) is 0.589. The van der Waals surface area contributed by atoms with E-state index in [1.807, 2.05) is 42.1 Å². The molecule has 0 fully saturated rings. The molecule has 1 aliphatic rings. The Balaban J connectivity index is 1.69. The van der Waals surface area contributed by atoms with Gasteiger partial charge in [-0.15, -0.1) is 11.3 Å². The van der Waals surface area contributed by atoms with Crippen molar-refractivity contribution in [1.29, 1.82) is 0 Å². The van der Waals surface area contributed by atoms with Crippen molar-refractivity contribution in [2.75, 3.05) is 20.1 Å². The Morgan fingerprint density at radius 3 is 2.69 bits per heavy atom. The van der Waals surface area contributed by atoms with Gasteiger partial charge in [-0.3, -0.25) is 14.3 Å². The van der Waals surface area contributed by atoms with Crippen molar-refractivity contribution in [3.8, 4) is 5.69 Å². The van der Waals surface area contributed by atoms with Crippen LogP contribution in [0.3, 0.4) is 0 Å². The molecule has 0 radical (unpaired) electrons. The fraction of sp³-hybridized carbons (Fsp3) is 0.409. The molecule has 1 aromatic carbocycles. The average molecular weight is 410 g/mol. The van der Waals surface area contributed by atoms with Gasteiger partial charge in [-0.05, 0) is 38.1 Å². The smallest absolute Gasteiger partial charge is 0.256 e. The lowest BCUT2D eigenvalue weighted by Crippen LogP contribution is -2.31. The van der Waals surface area contributed by atoms with E-state index in [2.05, 4.69) is 29.1 Å². The molecule has 0 aliphatic carbocycles. The molecule has 0 bridgehead atoms. The van der Waals surface area contributed by atoms with Crippen LogP contribution in [0.15, 0.2) is 42.2 Å². The Labute approximate surface area is 175 Å². The summed E-state index contributed by atoms with van der Waals surface area (Å²) in [6.07, 6.45) is 5.90. The number of carbonyl (C=O) groups excluding carboxylic acids is 1. The molecule has 4 rings (SSSR count). The van der Waals surface area contributed by atoms with Crippen molar-refractivity contribution in [3.63, 3.8) is 0 Å². The summed E-state index contributed by atoms with van der Waals surface area (Å²) in [7, 11) is 1.86. The van der Waals surface area contributed by atoms with E-state index in [1.165, 1.54) is 0 Å². The highest BCUT2D eigenvalue weighted by Gasteiger charge is 2.34. The summed E-state index contributed by atoms with van der Waals surface area (Å²) in [6.45, 7) is 7.41. The van der Waals surface area contributed by atoms with Gasteiger partial charge in [0.25, 0.3) is 5.91 Å². The lowest BCUT2D eigenvalue weighted by atomic mass is 10.1. The van der Waals surface area contributed by atoms with Gasteiger partial charge in [0.2, 0.25) is 0 Å². The molecule has 152 valence electrons. The van der Waals surface area contributed by atoms with Crippen LogP contribution < -0.4 is 0 Å². The molecule has 6 nitrogen and oxygen atoms in total. The van der Waals surface area contributed by atoms with Crippen molar-refractivity contribution < 1.29 is 4.79 Å². The van der Waals surface area contributed by atoms with E-state index in [0.717, 1.165) is 54.6 Å². The van der Waals surface area contributed by atoms with Gasteiger partial charge in [0.05, 0.1) is 35.2 Å². The maximum Gasteiger partial charge on any atom is 0.256 e. The summed E-state index contributed by atoms with van der Waals surface area (Å²) in [5.74, 6) is 0.00430. The molecule has 1 atom stereocenters. The number of para-hydroxylation sites is 1. The van der Waals surface area contributed by atoms with Crippen molar-refractivity contribution in [2.24, 2.45) is 0 Å². The minimum atomic E-state index is -0.248. The Kier molecular flexibility index (Phi) is 5.78. The third-order valence-electron chi connectivity index (χ3n) is 5.32. The van der Waals surface area contributed by atoms with Gasteiger partial charge in [0, 0.05) is 19.0 Å². The van der Waals surface area contributed by atoms with Gasteiger partial charge in [0.15, 0.2) is 0 Å². The highest BCUT2D eigenvalue weighted by Crippen LogP contribution is 2.36. The summed E-state index contributed by atoms with van der Waals surface area (Å²) >= 11 is 1.62. The zero-order valence-corrected chi connectivity index (χ0v) is 18.0. The molecule has 0 saturated heterocycles. The number of carbonyl (C=O) groups is 1. The minimum absolute atomic E-state index is 0.00430. The normalized spacial score (nSPS) is 16.1. The highest BCUT2D eigenvalue weighted by molar-refractivity contribution is 7.09. The second kappa shape index (κ2) is 8.47. The van der Waals surface area contributed by atoms with Crippen LogP contribution in [0, 0.1) is 0 Å². The average Bonchev–Trinajstić information content (AvgIpc) is 3.36. The molecular formula is C22H27N5OS. The van der Waals surface area contributed by atoms with Gasteiger partial charge in [-0.2, -0.15) is 0 Å². The van der Waals surface area contributed by atoms with E-state index in [1.54, 1.807) is 22.6 Å². The zero-order chi connectivity index (χ0) is 20.4. The van der Waals surface area contributed by atoms with E-state index in [4.69, 9.17) is 4.98 Å². The molecule has 3 aromatic rings. The van der Waals surface area contributed by atoms with Crippen molar-refractivity contribution in [2.45, 2.75) is 39.3 Å². The Morgan fingerprint density at radius 2 is 1.93 bits per heavy atom. The molecule has 0 saturated carbocycles.